The third-order valence-corrected chi connectivity index (χ3v) is 11.5. The molecule has 0 radical (unpaired) electrons. The molecule has 2 aromatic rings. The topological polar surface area (TPSA) is 64.8 Å². The molecule has 1 atom stereocenters. The van der Waals surface area contributed by atoms with E-state index in [0.29, 0.717) is 16.9 Å². The maximum Gasteiger partial charge on any atom is 0.416 e. The van der Waals surface area contributed by atoms with Crippen molar-refractivity contribution in [3.8, 4) is 5.75 Å². The Morgan fingerprint density at radius 3 is 2.19 bits per heavy atom. The van der Waals surface area contributed by atoms with Crippen LogP contribution in [0.1, 0.15) is 44.4 Å². The van der Waals surface area contributed by atoms with Gasteiger partial charge in [0.1, 0.15) is 5.75 Å². The lowest BCUT2D eigenvalue weighted by atomic mass is 9.93. The van der Waals surface area contributed by atoms with Gasteiger partial charge in [0.25, 0.3) is 14.2 Å². The zero-order chi connectivity index (χ0) is 27.1. The Bertz CT molecular complexity index is 1150. The van der Waals surface area contributed by atoms with Gasteiger partial charge in [0.2, 0.25) is 0 Å². The zero-order valence-electron chi connectivity index (χ0n) is 21.9. The lowest BCUT2D eigenvalue weighted by Gasteiger charge is -2.38. The van der Waals surface area contributed by atoms with E-state index in [-0.39, 0.29) is 35.0 Å². The van der Waals surface area contributed by atoms with Gasteiger partial charge in [-0.05, 0) is 60.4 Å². The molecule has 0 saturated carbocycles. The minimum Gasteiger partial charge on any atom is -0.540 e. The van der Waals surface area contributed by atoms with E-state index in [2.05, 4.69) is 0 Å². The minimum absolute atomic E-state index is 0.0262. The van der Waals surface area contributed by atoms with E-state index >= 15 is 0 Å². The van der Waals surface area contributed by atoms with Gasteiger partial charge >= 0.3 is 6.18 Å². The fourth-order valence-corrected chi connectivity index (χ4v) is 4.97. The number of fused-ring (bicyclic) bond motifs is 1. The molecule has 1 amide bonds. The highest BCUT2D eigenvalue weighted by Crippen LogP contribution is 2.45. The number of ether oxygens (including phenoxy) is 1. The molecule has 0 aromatic heterocycles. The summed E-state index contributed by atoms with van der Waals surface area (Å²) in [5.74, 6) is 0.193. The smallest absolute Gasteiger partial charge is 0.416 e. The Morgan fingerprint density at radius 2 is 1.69 bits per heavy atom. The molecule has 1 heterocycles. The molecule has 1 unspecified atom stereocenters. The predicted octanol–water partition coefficient (Wildman–Crippen LogP) is 6.38. The van der Waals surface area contributed by atoms with Crippen molar-refractivity contribution < 1.29 is 27.1 Å². The number of hydrogen-bond donors (Lipinski definition) is 1. The molecule has 3 rings (SSSR count). The van der Waals surface area contributed by atoms with Crippen molar-refractivity contribution in [1.29, 1.82) is 0 Å². The average Bonchev–Trinajstić information content (AvgIpc) is 2.91. The number of carbonyl (C=O) groups excluding carboxylic acids is 1. The third kappa shape index (κ3) is 5.32. The SMILES string of the molecule is COc1ccc(C2=C(O[Si](C)(C)C(C)(C)C)C(=O)N(C(C)CN)c3cccc(C(F)(F)F)c3C2)cc1. The molecule has 0 fully saturated rings. The number of nitrogens with two attached hydrogens (primary N) is 1. The van der Waals surface area contributed by atoms with Gasteiger partial charge < -0.3 is 19.8 Å². The normalized spacial score (nSPS) is 16.0. The second-order valence-corrected chi connectivity index (χ2v) is 15.4. The van der Waals surface area contributed by atoms with Crippen molar-refractivity contribution >= 4 is 25.5 Å². The molecule has 2 aromatic carbocycles. The number of alkyl halides is 3. The standard InChI is InChI=1S/C27H35F3N2O3Si/c1-17(16-31)32-23-10-8-9-22(27(28,29)30)21(23)15-20(18-11-13-19(34-5)14-12-18)24(25(32)33)35-36(6,7)26(2,3)4/h8-14,17H,15-16,31H2,1-7H3. The van der Waals surface area contributed by atoms with Crippen LogP contribution < -0.4 is 15.4 Å². The van der Waals surface area contributed by atoms with Gasteiger partial charge in [-0.3, -0.25) is 4.79 Å². The quantitative estimate of drug-likeness (QED) is 0.449. The van der Waals surface area contributed by atoms with Crippen LogP contribution in [0, 0.1) is 0 Å². The summed E-state index contributed by atoms with van der Waals surface area (Å²) in [6, 6.07) is 10.3. The van der Waals surface area contributed by atoms with Crippen molar-refractivity contribution in [2.75, 3.05) is 18.6 Å². The van der Waals surface area contributed by atoms with E-state index in [4.69, 9.17) is 14.9 Å². The molecular formula is C27H35F3N2O3Si. The predicted molar refractivity (Wildman–Crippen MR) is 139 cm³/mol. The molecule has 36 heavy (non-hydrogen) atoms. The van der Waals surface area contributed by atoms with Gasteiger partial charge in [-0.25, -0.2) is 0 Å². The van der Waals surface area contributed by atoms with E-state index in [0.717, 1.165) is 6.07 Å². The van der Waals surface area contributed by atoms with Crippen LogP contribution in [-0.4, -0.2) is 33.9 Å². The van der Waals surface area contributed by atoms with Crippen LogP contribution in [-0.2, 0) is 21.8 Å². The van der Waals surface area contributed by atoms with Crippen molar-refractivity contribution in [1.82, 2.24) is 0 Å². The maximum absolute atomic E-state index is 14.2. The van der Waals surface area contributed by atoms with E-state index < -0.39 is 32.0 Å². The molecule has 1 aliphatic heterocycles. The van der Waals surface area contributed by atoms with Gasteiger partial charge in [0, 0.05) is 30.3 Å². The van der Waals surface area contributed by atoms with Crippen LogP contribution in [0.25, 0.3) is 5.57 Å². The van der Waals surface area contributed by atoms with Gasteiger partial charge in [0.15, 0.2) is 5.76 Å². The van der Waals surface area contributed by atoms with Crippen LogP contribution in [0.4, 0.5) is 18.9 Å². The average molecular weight is 521 g/mol. The van der Waals surface area contributed by atoms with Crippen molar-refractivity contribution in [2.45, 2.75) is 64.5 Å². The number of carbonyl (C=O) groups is 1. The molecule has 2 N–H and O–H groups in total. The summed E-state index contributed by atoms with van der Waals surface area (Å²) in [5.41, 5.74) is 6.40. The fourth-order valence-electron chi connectivity index (χ4n) is 3.94. The number of anilines is 1. The van der Waals surface area contributed by atoms with E-state index in [1.54, 1.807) is 37.3 Å². The molecule has 0 aliphatic carbocycles. The summed E-state index contributed by atoms with van der Waals surface area (Å²) >= 11 is 0. The Balaban J connectivity index is 2.38. The number of amides is 1. The van der Waals surface area contributed by atoms with E-state index in [9.17, 15) is 18.0 Å². The molecule has 196 valence electrons. The highest BCUT2D eigenvalue weighted by Gasteiger charge is 2.44. The van der Waals surface area contributed by atoms with Gasteiger partial charge in [-0.2, -0.15) is 13.2 Å². The number of rotatable bonds is 6. The Labute approximate surface area is 212 Å². The monoisotopic (exact) mass is 520 g/mol. The summed E-state index contributed by atoms with van der Waals surface area (Å²) in [4.78, 5) is 15.5. The summed E-state index contributed by atoms with van der Waals surface area (Å²) < 4.78 is 54.4. The summed E-state index contributed by atoms with van der Waals surface area (Å²) in [6.45, 7) is 12.0. The van der Waals surface area contributed by atoms with Gasteiger partial charge in [-0.1, -0.05) is 39.0 Å². The van der Waals surface area contributed by atoms with Crippen molar-refractivity contribution in [3.05, 3.63) is 64.9 Å². The summed E-state index contributed by atoms with van der Waals surface area (Å²) in [5, 5.41) is -0.244. The molecule has 0 spiro atoms. The second kappa shape index (κ2) is 9.93. The van der Waals surface area contributed by atoms with Crippen LogP contribution in [0.15, 0.2) is 48.2 Å². The van der Waals surface area contributed by atoms with Gasteiger partial charge in [0.05, 0.1) is 12.7 Å². The number of methoxy groups -OCH3 is 1. The first-order valence-corrected chi connectivity index (χ1v) is 14.8. The lowest BCUT2D eigenvalue weighted by Crippen LogP contribution is -2.47. The minimum atomic E-state index is -4.60. The Hall–Kier alpha value is -2.78. The molecule has 1 aliphatic rings. The fraction of sp³-hybridized carbons (Fsp3) is 0.444. The summed E-state index contributed by atoms with van der Waals surface area (Å²) in [6.07, 6.45) is -4.72. The summed E-state index contributed by atoms with van der Waals surface area (Å²) in [7, 11) is -1.03. The first kappa shape index (κ1) is 27.8. The molecule has 0 bridgehead atoms. The lowest BCUT2D eigenvalue weighted by molar-refractivity contribution is -0.138. The van der Waals surface area contributed by atoms with Crippen LogP contribution >= 0.6 is 0 Å². The maximum atomic E-state index is 14.2. The number of halogens is 3. The number of allylic oxidation sites excluding steroid dienone is 1. The second-order valence-electron chi connectivity index (χ2n) is 10.6. The molecular weight excluding hydrogens is 485 g/mol. The zero-order valence-corrected chi connectivity index (χ0v) is 22.9. The van der Waals surface area contributed by atoms with Crippen LogP contribution in [0.5, 0.6) is 5.75 Å². The first-order valence-electron chi connectivity index (χ1n) is 11.9. The largest absolute Gasteiger partial charge is 0.540 e. The van der Waals surface area contributed by atoms with Crippen LogP contribution in [0.3, 0.4) is 0 Å². The Morgan fingerprint density at radius 1 is 1.08 bits per heavy atom. The van der Waals surface area contributed by atoms with E-state index in [1.807, 2.05) is 33.9 Å². The van der Waals surface area contributed by atoms with Crippen molar-refractivity contribution in [3.63, 3.8) is 0 Å². The Kier molecular flexibility index (Phi) is 7.67. The van der Waals surface area contributed by atoms with Gasteiger partial charge in [-0.15, -0.1) is 0 Å². The highest BCUT2D eigenvalue weighted by molar-refractivity contribution is 6.74. The third-order valence-electron chi connectivity index (χ3n) is 7.14. The van der Waals surface area contributed by atoms with Crippen molar-refractivity contribution in [2.24, 2.45) is 5.73 Å². The first-order chi connectivity index (χ1) is 16.6. The highest BCUT2D eigenvalue weighted by atomic mass is 28.4. The molecule has 9 heteroatoms. The number of hydrogen-bond acceptors (Lipinski definition) is 4. The van der Waals surface area contributed by atoms with E-state index in [1.165, 1.54) is 18.1 Å². The number of nitrogens with zero attached hydrogens (tertiary/aromatic N) is 1. The number of benzene rings is 2. The van der Waals surface area contributed by atoms with Crippen LogP contribution in [0.2, 0.25) is 18.1 Å². The molecule has 0 saturated heterocycles. The molecule has 5 nitrogen and oxygen atoms in total.